The van der Waals surface area contributed by atoms with Crippen LogP contribution in [-0.4, -0.2) is 6.54 Å². The smallest absolute Gasteiger partial charge is 0.0440 e. The molecule has 1 aliphatic carbocycles. The van der Waals surface area contributed by atoms with E-state index in [9.17, 15) is 0 Å². The van der Waals surface area contributed by atoms with Crippen LogP contribution in [0.5, 0.6) is 0 Å². The van der Waals surface area contributed by atoms with E-state index >= 15 is 0 Å². The van der Waals surface area contributed by atoms with Crippen LogP contribution >= 0.6 is 11.6 Å². The quantitative estimate of drug-likeness (QED) is 0.818. The fraction of sp³-hybridized carbons (Fsp3) is 0.538. The number of hydrogen-bond acceptors (Lipinski definition) is 1. The fourth-order valence-electron chi connectivity index (χ4n) is 2.55. The molecule has 0 heterocycles. The maximum atomic E-state index is 6.22. The minimum Gasteiger partial charge on any atom is -0.330 e. The van der Waals surface area contributed by atoms with Crippen LogP contribution in [-0.2, 0) is 5.41 Å². The van der Waals surface area contributed by atoms with Crippen molar-refractivity contribution in [2.24, 2.45) is 5.73 Å². The lowest BCUT2D eigenvalue weighted by Gasteiger charge is -2.42. The van der Waals surface area contributed by atoms with E-state index in [4.69, 9.17) is 17.3 Å². The molecule has 1 aromatic rings. The predicted molar refractivity (Wildman–Crippen MR) is 65.5 cm³/mol. The van der Waals surface area contributed by atoms with Gasteiger partial charge >= 0.3 is 0 Å². The fourth-order valence-corrected chi connectivity index (χ4v) is 2.83. The van der Waals surface area contributed by atoms with Crippen LogP contribution in [0.3, 0.4) is 0 Å². The molecule has 15 heavy (non-hydrogen) atoms. The van der Waals surface area contributed by atoms with Crippen LogP contribution in [0.1, 0.15) is 36.0 Å². The van der Waals surface area contributed by atoms with Crippen LogP contribution in [0.25, 0.3) is 0 Å². The zero-order chi connectivity index (χ0) is 11.1. The average molecular weight is 224 g/mol. The van der Waals surface area contributed by atoms with Gasteiger partial charge in [0.05, 0.1) is 0 Å². The third kappa shape index (κ3) is 1.68. The first kappa shape index (κ1) is 11.0. The van der Waals surface area contributed by atoms with Gasteiger partial charge in [0.2, 0.25) is 0 Å². The maximum absolute atomic E-state index is 6.22. The largest absolute Gasteiger partial charge is 0.330 e. The van der Waals surface area contributed by atoms with Crippen LogP contribution in [0.4, 0.5) is 0 Å². The third-order valence-corrected chi connectivity index (χ3v) is 4.15. The lowest BCUT2D eigenvalue weighted by Crippen LogP contribution is -2.42. The summed E-state index contributed by atoms with van der Waals surface area (Å²) in [6.45, 7) is 4.94. The van der Waals surface area contributed by atoms with Gasteiger partial charge in [0, 0.05) is 17.0 Å². The highest BCUT2D eigenvalue weighted by atomic mass is 35.5. The van der Waals surface area contributed by atoms with E-state index in [-0.39, 0.29) is 5.41 Å². The van der Waals surface area contributed by atoms with Crippen molar-refractivity contribution in [2.45, 2.75) is 38.5 Å². The lowest BCUT2D eigenvalue weighted by atomic mass is 9.63. The summed E-state index contributed by atoms with van der Waals surface area (Å²) >= 11 is 6.22. The van der Waals surface area contributed by atoms with Gasteiger partial charge in [0.15, 0.2) is 0 Å². The van der Waals surface area contributed by atoms with Crippen LogP contribution < -0.4 is 5.73 Å². The summed E-state index contributed by atoms with van der Waals surface area (Å²) in [5, 5.41) is 0.879. The Bertz CT molecular complexity index is 375. The number of nitrogens with two attached hydrogens (primary N) is 1. The molecule has 82 valence electrons. The summed E-state index contributed by atoms with van der Waals surface area (Å²) in [4.78, 5) is 0. The Labute approximate surface area is 96.6 Å². The number of hydrogen-bond donors (Lipinski definition) is 1. The molecule has 1 fully saturated rings. The molecular formula is C13H18ClN. The molecule has 0 saturated heterocycles. The summed E-state index contributed by atoms with van der Waals surface area (Å²) in [5.74, 6) is 0. The van der Waals surface area contributed by atoms with Crippen molar-refractivity contribution in [3.05, 3.63) is 33.8 Å². The Morgan fingerprint density at radius 3 is 2.47 bits per heavy atom. The van der Waals surface area contributed by atoms with Crippen molar-refractivity contribution in [1.82, 2.24) is 0 Å². The molecule has 0 atom stereocenters. The Kier molecular flexibility index (Phi) is 2.78. The van der Waals surface area contributed by atoms with E-state index in [0.717, 1.165) is 11.6 Å². The van der Waals surface area contributed by atoms with Crippen molar-refractivity contribution in [1.29, 1.82) is 0 Å². The Balaban J connectivity index is 2.51. The first-order valence-electron chi connectivity index (χ1n) is 5.56. The molecule has 1 nitrogen and oxygen atoms in total. The van der Waals surface area contributed by atoms with Crippen LogP contribution in [0, 0.1) is 13.8 Å². The molecule has 0 amide bonds. The molecule has 0 aromatic heterocycles. The normalized spacial score (nSPS) is 18.7. The molecule has 0 aliphatic heterocycles. The minimum atomic E-state index is 0.222. The first-order valence-corrected chi connectivity index (χ1v) is 5.94. The SMILES string of the molecule is Cc1cc(Cl)c(C)c(C2(CN)CCC2)c1. The van der Waals surface area contributed by atoms with Gasteiger partial charge in [-0.25, -0.2) is 0 Å². The maximum Gasteiger partial charge on any atom is 0.0440 e. The van der Waals surface area contributed by atoms with E-state index in [1.807, 2.05) is 6.07 Å². The molecule has 0 radical (unpaired) electrons. The third-order valence-electron chi connectivity index (χ3n) is 3.76. The molecule has 2 heteroatoms. The van der Waals surface area contributed by atoms with E-state index in [0.29, 0.717) is 0 Å². The summed E-state index contributed by atoms with van der Waals surface area (Å²) in [7, 11) is 0. The van der Waals surface area contributed by atoms with Crippen molar-refractivity contribution in [3.8, 4) is 0 Å². The van der Waals surface area contributed by atoms with E-state index in [2.05, 4.69) is 19.9 Å². The van der Waals surface area contributed by atoms with Gasteiger partial charge in [-0.1, -0.05) is 24.1 Å². The van der Waals surface area contributed by atoms with Gasteiger partial charge in [0.25, 0.3) is 0 Å². The predicted octanol–water partition coefficient (Wildman–Crippen LogP) is 3.34. The first-order chi connectivity index (χ1) is 7.09. The average Bonchev–Trinajstić information content (AvgIpc) is 2.12. The molecule has 0 spiro atoms. The standard InChI is InChI=1S/C13H18ClN/c1-9-6-11(10(2)12(14)7-9)13(8-15)4-3-5-13/h6-7H,3-5,8,15H2,1-2H3. The van der Waals surface area contributed by atoms with Gasteiger partial charge < -0.3 is 5.73 Å². The Morgan fingerprint density at radius 2 is 2.00 bits per heavy atom. The van der Waals surface area contributed by atoms with Crippen molar-refractivity contribution >= 4 is 11.6 Å². The van der Waals surface area contributed by atoms with Crippen molar-refractivity contribution in [3.63, 3.8) is 0 Å². The summed E-state index contributed by atoms with van der Waals surface area (Å²) in [6, 6.07) is 4.29. The minimum absolute atomic E-state index is 0.222. The van der Waals surface area contributed by atoms with Crippen molar-refractivity contribution in [2.75, 3.05) is 6.54 Å². The molecule has 1 aliphatic rings. The second-order valence-electron chi connectivity index (χ2n) is 4.76. The highest BCUT2D eigenvalue weighted by molar-refractivity contribution is 6.31. The summed E-state index contributed by atoms with van der Waals surface area (Å²) in [5.41, 5.74) is 9.98. The number of rotatable bonds is 2. The highest BCUT2D eigenvalue weighted by Gasteiger charge is 2.38. The van der Waals surface area contributed by atoms with E-state index < -0.39 is 0 Å². The van der Waals surface area contributed by atoms with Gasteiger partial charge in [-0.05, 0) is 49.4 Å². The summed E-state index contributed by atoms with van der Waals surface area (Å²) < 4.78 is 0. The van der Waals surface area contributed by atoms with Gasteiger partial charge in [-0.3, -0.25) is 0 Å². The van der Waals surface area contributed by atoms with Gasteiger partial charge in [0.1, 0.15) is 0 Å². The molecule has 1 saturated carbocycles. The Hall–Kier alpha value is -0.530. The van der Waals surface area contributed by atoms with E-state index in [1.54, 1.807) is 0 Å². The molecule has 1 aromatic carbocycles. The topological polar surface area (TPSA) is 26.0 Å². The second-order valence-corrected chi connectivity index (χ2v) is 5.16. The Morgan fingerprint density at radius 1 is 1.33 bits per heavy atom. The molecular weight excluding hydrogens is 206 g/mol. The second kappa shape index (κ2) is 3.80. The van der Waals surface area contributed by atoms with Crippen LogP contribution in [0.2, 0.25) is 5.02 Å². The monoisotopic (exact) mass is 223 g/mol. The highest BCUT2D eigenvalue weighted by Crippen LogP contribution is 2.45. The zero-order valence-corrected chi connectivity index (χ0v) is 10.2. The van der Waals surface area contributed by atoms with E-state index in [1.165, 1.54) is 36.0 Å². The van der Waals surface area contributed by atoms with Gasteiger partial charge in [-0.15, -0.1) is 0 Å². The number of benzene rings is 1. The molecule has 0 unspecified atom stereocenters. The molecule has 2 rings (SSSR count). The summed E-state index contributed by atoms with van der Waals surface area (Å²) in [6.07, 6.45) is 3.72. The van der Waals surface area contributed by atoms with Crippen LogP contribution in [0.15, 0.2) is 12.1 Å². The van der Waals surface area contributed by atoms with Gasteiger partial charge in [-0.2, -0.15) is 0 Å². The molecule has 0 bridgehead atoms. The lowest BCUT2D eigenvalue weighted by molar-refractivity contribution is 0.252. The zero-order valence-electron chi connectivity index (χ0n) is 9.44. The van der Waals surface area contributed by atoms with Crippen molar-refractivity contribution < 1.29 is 0 Å². The number of halogens is 1. The molecule has 2 N–H and O–H groups in total. The number of aryl methyl sites for hydroxylation is 1.